The number of methoxy groups -OCH3 is 2. The minimum absolute atomic E-state index is 0.00273. The molecule has 0 saturated heterocycles. The van der Waals surface area contributed by atoms with Crippen molar-refractivity contribution in [1.29, 1.82) is 0 Å². The number of hydrogen-bond donors (Lipinski definition) is 2. The normalized spacial score (nSPS) is 11.4. The first-order valence-corrected chi connectivity index (χ1v) is 13.5. The Labute approximate surface area is 250 Å². The molecule has 1 atom stereocenters. The number of hydrogen-bond acceptors (Lipinski definition) is 8. The monoisotopic (exact) mass is 583 g/mol. The third-order valence-electron chi connectivity index (χ3n) is 6.38. The molecule has 0 aliphatic carbocycles. The summed E-state index contributed by atoms with van der Waals surface area (Å²) in [7, 11) is 3.00. The molecule has 1 amide bonds. The lowest BCUT2D eigenvalue weighted by Crippen LogP contribution is -2.37. The lowest BCUT2D eigenvalue weighted by molar-refractivity contribution is -0.155. The Bertz CT molecular complexity index is 1520. The minimum atomic E-state index is -1.29. The summed E-state index contributed by atoms with van der Waals surface area (Å²) in [5, 5.41) is 9.21. The van der Waals surface area contributed by atoms with Crippen molar-refractivity contribution in [1.82, 2.24) is 5.48 Å². The first-order valence-electron chi connectivity index (χ1n) is 13.5. The van der Waals surface area contributed by atoms with Gasteiger partial charge in [0.1, 0.15) is 13.2 Å². The first-order chi connectivity index (χ1) is 21.0. The van der Waals surface area contributed by atoms with Gasteiger partial charge in [-0.15, -0.1) is 0 Å². The molecule has 43 heavy (non-hydrogen) atoms. The summed E-state index contributed by atoms with van der Waals surface area (Å²) >= 11 is 0. The van der Waals surface area contributed by atoms with E-state index in [-0.39, 0.29) is 6.42 Å². The second-order valence-electron chi connectivity index (χ2n) is 9.38. The van der Waals surface area contributed by atoms with Crippen LogP contribution in [0.25, 0.3) is 6.08 Å². The van der Waals surface area contributed by atoms with Crippen LogP contribution in [0.2, 0.25) is 0 Å². The number of benzene rings is 4. The molecule has 0 fully saturated rings. The van der Waals surface area contributed by atoms with Gasteiger partial charge in [0.15, 0.2) is 29.1 Å². The zero-order chi connectivity index (χ0) is 30.4. The maximum absolute atomic E-state index is 12.7. The molecular formula is C34H33NO8. The maximum atomic E-state index is 12.7. The van der Waals surface area contributed by atoms with E-state index >= 15 is 0 Å². The van der Waals surface area contributed by atoms with Crippen LogP contribution >= 0.6 is 0 Å². The Kier molecular flexibility index (Phi) is 11.2. The zero-order valence-corrected chi connectivity index (χ0v) is 23.9. The highest BCUT2D eigenvalue weighted by atomic mass is 16.6. The van der Waals surface area contributed by atoms with E-state index in [1.165, 1.54) is 20.3 Å². The van der Waals surface area contributed by atoms with E-state index in [1.54, 1.807) is 48.0 Å². The van der Waals surface area contributed by atoms with Gasteiger partial charge < -0.3 is 23.7 Å². The van der Waals surface area contributed by atoms with Crippen LogP contribution in [0.3, 0.4) is 0 Å². The summed E-state index contributed by atoms with van der Waals surface area (Å²) in [6, 6.07) is 29.9. The SMILES string of the molecule is COc1ccc(C[C@H](OC(=O)/C=C/c2ccc(OCc3ccccc3)c(OCc3ccccc3)c2)C(=O)NO)cc1OC. The number of nitrogens with one attached hydrogen (secondary N) is 1. The quantitative estimate of drug-likeness (QED) is 0.0862. The average Bonchev–Trinajstić information content (AvgIpc) is 3.06. The van der Waals surface area contributed by atoms with Crippen molar-refractivity contribution in [3.8, 4) is 23.0 Å². The Morgan fingerprint density at radius 1 is 0.721 bits per heavy atom. The van der Waals surface area contributed by atoms with E-state index in [1.807, 2.05) is 60.7 Å². The summed E-state index contributed by atoms with van der Waals surface area (Å²) in [5.41, 5.74) is 4.84. The van der Waals surface area contributed by atoms with Crippen molar-refractivity contribution in [3.63, 3.8) is 0 Å². The number of hydroxylamine groups is 1. The van der Waals surface area contributed by atoms with Crippen LogP contribution in [0.1, 0.15) is 22.3 Å². The van der Waals surface area contributed by atoms with Crippen molar-refractivity contribution in [2.75, 3.05) is 14.2 Å². The molecule has 0 spiro atoms. The van der Waals surface area contributed by atoms with E-state index in [0.717, 1.165) is 11.1 Å². The minimum Gasteiger partial charge on any atom is -0.493 e. The van der Waals surface area contributed by atoms with E-state index < -0.39 is 18.0 Å². The fraction of sp³-hybridized carbons (Fsp3) is 0.176. The van der Waals surface area contributed by atoms with Crippen molar-refractivity contribution in [2.45, 2.75) is 25.7 Å². The van der Waals surface area contributed by atoms with Crippen LogP contribution in [0.5, 0.6) is 23.0 Å². The van der Waals surface area contributed by atoms with Gasteiger partial charge in [0.25, 0.3) is 5.91 Å². The van der Waals surface area contributed by atoms with Gasteiger partial charge in [-0.05, 0) is 52.6 Å². The molecule has 222 valence electrons. The van der Waals surface area contributed by atoms with Gasteiger partial charge in [-0.3, -0.25) is 10.0 Å². The highest BCUT2D eigenvalue weighted by Gasteiger charge is 2.23. The van der Waals surface area contributed by atoms with Crippen LogP contribution in [-0.2, 0) is 34.0 Å². The molecule has 0 heterocycles. The Morgan fingerprint density at radius 2 is 1.33 bits per heavy atom. The summed E-state index contributed by atoms with van der Waals surface area (Å²) in [4.78, 5) is 25.0. The molecule has 0 bridgehead atoms. The number of carbonyl (C=O) groups excluding carboxylic acids is 2. The van der Waals surface area contributed by atoms with Crippen LogP contribution in [0, 0.1) is 0 Å². The smallest absolute Gasteiger partial charge is 0.331 e. The van der Waals surface area contributed by atoms with Crippen LogP contribution < -0.4 is 24.4 Å². The molecule has 4 rings (SSSR count). The number of ether oxygens (including phenoxy) is 5. The predicted molar refractivity (Wildman–Crippen MR) is 160 cm³/mol. The van der Waals surface area contributed by atoms with Crippen LogP contribution in [-0.4, -0.2) is 37.4 Å². The standard InChI is InChI=1S/C34H33NO8/c1-39-28-16-14-27(20-30(28)40-2)21-32(34(37)35-38)43-33(36)18-15-24-13-17-29(41-22-25-9-5-3-6-10-25)31(19-24)42-23-26-11-7-4-8-12-26/h3-20,32,38H,21-23H2,1-2H3,(H,35,37)/b18-15+/t32-/m0/s1. The van der Waals surface area contributed by atoms with E-state index in [2.05, 4.69) is 0 Å². The molecule has 0 aliphatic rings. The third-order valence-corrected chi connectivity index (χ3v) is 6.38. The van der Waals surface area contributed by atoms with Gasteiger partial charge in [0, 0.05) is 12.5 Å². The lowest BCUT2D eigenvalue weighted by Gasteiger charge is -2.16. The van der Waals surface area contributed by atoms with Gasteiger partial charge >= 0.3 is 5.97 Å². The van der Waals surface area contributed by atoms with Crippen LogP contribution in [0.4, 0.5) is 0 Å². The van der Waals surface area contributed by atoms with Gasteiger partial charge in [-0.1, -0.05) is 72.8 Å². The molecule has 2 N–H and O–H groups in total. The summed E-state index contributed by atoms with van der Waals surface area (Å²) in [5.74, 6) is 0.377. The number of esters is 1. The van der Waals surface area contributed by atoms with Crippen molar-refractivity contribution in [2.24, 2.45) is 0 Å². The number of amides is 1. The Balaban J connectivity index is 1.47. The van der Waals surface area contributed by atoms with E-state index in [0.29, 0.717) is 47.3 Å². The van der Waals surface area contributed by atoms with E-state index in [9.17, 15) is 14.8 Å². The maximum Gasteiger partial charge on any atom is 0.331 e. The summed E-state index contributed by atoms with van der Waals surface area (Å²) < 4.78 is 28.1. The fourth-order valence-electron chi connectivity index (χ4n) is 4.16. The lowest BCUT2D eigenvalue weighted by atomic mass is 10.1. The molecule has 0 saturated carbocycles. The molecular weight excluding hydrogens is 550 g/mol. The Hall–Kier alpha value is -5.28. The molecule has 0 radical (unpaired) electrons. The summed E-state index contributed by atoms with van der Waals surface area (Å²) in [6.07, 6.45) is 1.45. The molecule has 9 heteroatoms. The first kappa shape index (κ1) is 30.7. The Morgan fingerprint density at radius 3 is 1.93 bits per heavy atom. The number of rotatable bonds is 14. The molecule has 0 aromatic heterocycles. The topological polar surface area (TPSA) is 113 Å². The zero-order valence-electron chi connectivity index (χ0n) is 23.9. The molecule has 0 unspecified atom stereocenters. The largest absolute Gasteiger partial charge is 0.493 e. The second kappa shape index (κ2) is 15.6. The highest BCUT2D eigenvalue weighted by molar-refractivity contribution is 5.90. The predicted octanol–water partition coefficient (Wildman–Crippen LogP) is 5.53. The van der Waals surface area contributed by atoms with Crippen LogP contribution in [0.15, 0.2) is 103 Å². The van der Waals surface area contributed by atoms with Gasteiger partial charge in [0.05, 0.1) is 14.2 Å². The number of carbonyl (C=O) groups is 2. The van der Waals surface area contributed by atoms with Crippen molar-refractivity contribution in [3.05, 3.63) is 125 Å². The molecule has 9 nitrogen and oxygen atoms in total. The van der Waals surface area contributed by atoms with Crippen molar-refractivity contribution >= 4 is 18.0 Å². The average molecular weight is 584 g/mol. The van der Waals surface area contributed by atoms with Gasteiger partial charge in [-0.2, -0.15) is 0 Å². The highest BCUT2D eigenvalue weighted by Crippen LogP contribution is 2.31. The second-order valence-corrected chi connectivity index (χ2v) is 9.38. The fourth-order valence-corrected chi connectivity index (χ4v) is 4.16. The molecule has 4 aromatic rings. The van der Waals surface area contributed by atoms with E-state index in [4.69, 9.17) is 23.7 Å². The van der Waals surface area contributed by atoms with Crippen molar-refractivity contribution < 1.29 is 38.5 Å². The summed E-state index contributed by atoms with van der Waals surface area (Å²) in [6.45, 7) is 0.685. The molecule has 4 aromatic carbocycles. The third kappa shape index (κ3) is 9.11. The van der Waals surface area contributed by atoms with Gasteiger partial charge in [0.2, 0.25) is 0 Å². The van der Waals surface area contributed by atoms with Gasteiger partial charge in [-0.25, -0.2) is 10.3 Å². The molecule has 0 aliphatic heterocycles.